The second-order valence-corrected chi connectivity index (χ2v) is 6.46. The van der Waals surface area contributed by atoms with E-state index in [1.807, 2.05) is 35.9 Å². The number of carbonyl (C=O) groups excluding carboxylic acids is 2. The summed E-state index contributed by atoms with van der Waals surface area (Å²) >= 11 is 1.50. The number of carbonyl (C=O) groups is 2. The number of aryl methyl sites for hydroxylation is 1. The van der Waals surface area contributed by atoms with E-state index in [0.29, 0.717) is 22.5 Å². The van der Waals surface area contributed by atoms with E-state index in [9.17, 15) is 9.59 Å². The first-order valence-electron chi connectivity index (χ1n) is 7.87. The zero-order chi connectivity index (χ0) is 17.8. The molecule has 2 amide bonds. The molecule has 0 spiro atoms. The number of fused-ring (bicyclic) bond motifs is 1. The number of benzene rings is 2. The Balaban J connectivity index is 1.81. The first-order chi connectivity index (χ1) is 12.1. The fourth-order valence-electron chi connectivity index (χ4n) is 2.34. The summed E-state index contributed by atoms with van der Waals surface area (Å²) in [6, 6.07) is 14.7. The maximum Gasteiger partial charge on any atom is 0.271 e. The minimum absolute atomic E-state index is 0.0976. The quantitative estimate of drug-likeness (QED) is 0.707. The van der Waals surface area contributed by atoms with Crippen LogP contribution in [0.5, 0.6) is 0 Å². The van der Waals surface area contributed by atoms with Crippen LogP contribution in [0.4, 0.5) is 5.69 Å². The molecule has 0 radical (unpaired) electrons. The van der Waals surface area contributed by atoms with Gasteiger partial charge >= 0.3 is 0 Å². The molecule has 0 aliphatic carbocycles. The smallest absolute Gasteiger partial charge is 0.271 e. The third-order valence-corrected chi connectivity index (χ3v) is 4.81. The molecule has 0 aliphatic rings. The van der Waals surface area contributed by atoms with Gasteiger partial charge in [0.25, 0.3) is 5.91 Å². The van der Waals surface area contributed by atoms with Gasteiger partial charge in [-0.25, -0.2) is 5.43 Å². The Morgan fingerprint density at radius 1 is 1.16 bits per heavy atom. The van der Waals surface area contributed by atoms with E-state index in [1.165, 1.54) is 11.3 Å². The van der Waals surface area contributed by atoms with Gasteiger partial charge in [-0.3, -0.25) is 9.59 Å². The van der Waals surface area contributed by atoms with Gasteiger partial charge in [-0.05, 0) is 30.3 Å². The lowest BCUT2D eigenvalue weighted by atomic mass is 10.2. The molecule has 25 heavy (non-hydrogen) atoms. The molecule has 0 saturated heterocycles. The van der Waals surface area contributed by atoms with Crippen molar-refractivity contribution in [2.24, 2.45) is 12.1 Å². The van der Waals surface area contributed by atoms with Crippen molar-refractivity contribution in [3.63, 3.8) is 0 Å². The number of para-hydroxylation sites is 1. The molecular weight excluding hydrogens is 336 g/mol. The maximum absolute atomic E-state index is 12.3. The maximum atomic E-state index is 12.3. The van der Waals surface area contributed by atoms with Gasteiger partial charge in [-0.1, -0.05) is 36.5 Å². The van der Waals surface area contributed by atoms with Crippen LogP contribution < -0.4 is 15.5 Å². The first-order valence-corrected chi connectivity index (χ1v) is 8.68. The fourth-order valence-corrected chi connectivity index (χ4v) is 3.32. The Morgan fingerprint density at radius 2 is 1.96 bits per heavy atom. The highest BCUT2D eigenvalue weighted by Crippen LogP contribution is 2.15. The number of amides is 2. The van der Waals surface area contributed by atoms with Crippen molar-refractivity contribution in [2.45, 2.75) is 13.3 Å². The standard InChI is InChI=1S/C18H18N4O2S/c1-3-16(23)19-13-8-6-7-12(11-13)17(24)20-21-18-22(2)14-9-4-5-10-15(14)25-18/h4-11H,3H2,1-2H3,(H,19,23)(H,20,24)/b21-18+. The molecule has 6 nitrogen and oxygen atoms in total. The topological polar surface area (TPSA) is 75.5 Å². The summed E-state index contributed by atoms with van der Waals surface area (Å²) in [6.45, 7) is 1.77. The van der Waals surface area contributed by atoms with Gasteiger partial charge in [-0.2, -0.15) is 0 Å². The van der Waals surface area contributed by atoms with E-state index in [4.69, 9.17) is 0 Å². The molecular formula is C18H18N4O2S. The van der Waals surface area contributed by atoms with Crippen LogP contribution in [0.15, 0.2) is 53.6 Å². The van der Waals surface area contributed by atoms with E-state index in [0.717, 1.165) is 10.2 Å². The Kier molecular flexibility index (Phi) is 4.95. The molecule has 0 bridgehead atoms. The van der Waals surface area contributed by atoms with Crippen LogP contribution in [0, 0.1) is 0 Å². The molecule has 0 aliphatic heterocycles. The third kappa shape index (κ3) is 3.77. The number of hydrogen-bond donors (Lipinski definition) is 2. The lowest BCUT2D eigenvalue weighted by molar-refractivity contribution is -0.115. The van der Waals surface area contributed by atoms with Crippen LogP contribution in [0.2, 0.25) is 0 Å². The van der Waals surface area contributed by atoms with E-state index in [1.54, 1.807) is 31.2 Å². The minimum Gasteiger partial charge on any atom is -0.326 e. The first kappa shape index (κ1) is 16.9. The average Bonchev–Trinajstić information content (AvgIpc) is 2.96. The Bertz CT molecular complexity index is 1000. The molecule has 0 saturated carbocycles. The number of aromatic nitrogens is 1. The lowest BCUT2D eigenvalue weighted by Gasteiger charge is -2.05. The molecule has 3 aromatic rings. The molecule has 3 rings (SSSR count). The average molecular weight is 354 g/mol. The molecule has 128 valence electrons. The number of rotatable bonds is 4. The molecule has 0 unspecified atom stereocenters. The second-order valence-electron chi connectivity index (χ2n) is 5.45. The van der Waals surface area contributed by atoms with Crippen LogP contribution >= 0.6 is 11.3 Å². The number of hydrogen-bond acceptors (Lipinski definition) is 4. The van der Waals surface area contributed by atoms with E-state index in [2.05, 4.69) is 15.8 Å². The summed E-state index contributed by atoms with van der Waals surface area (Å²) in [5, 5.41) is 6.96. The van der Waals surface area contributed by atoms with E-state index in [-0.39, 0.29) is 11.8 Å². The zero-order valence-electron chi connectivity index (χ0n) is 13.9. The number of thiazole rings is 1. The van der Waals surface area contributed by atoms with Crippen molar-refractivity contribution < 1.29 is 9.59 Å². The van der Waals surface area contributed by atoms with Gasteiger partial charge in [0, 0.05) is 24.7 Å². The summed E-state index contributed by atoms with van der Waals surface area (Å²) in [5.74, 6) is -0.426. The van der Waals surface area contributed by atoms with Crippen LogP contribution in [0.25, 0.3) is 10.2 Å². The SMILES string of the molecule is CCC(=O)Nc1cccc(C(=O)N/N=c2/sc3ccccc3n2C)c1. The normalized spacial score (nSPS) is 11.5. The van der Waals surface area contributed by atoms with Crippen LogP contribution in [0.1, 0.15) is 23.7 Å². The summed E-state index contributed by atoms with van der Waals surface area (Å²) in [5.41, 5.74) is 4.66. The number of nitrogens with zero attached hydrogens (tertiary/aromatic N) is 2. The van der Waals surface area contributed by atoms with E-state index >= 15 is 0 Å². The second kappa shape index (κ2) is 7.31. The van der Waals surface area contributed by atoms with Crippen molar-refractivity contribution >= 4 is 39.1 Å². The summed E-state index contributed by atoms with van der Waals surface area (Å²) in [4.78, 5) is 24.5. The summed E-state index contributed by atoms with van der Waals surface area (Å²) in [6.07, 6.45) is 0.383. The van der Waals surface area contributed by atoms with Gasteiger partial charge in [-0.15, -0.1) is 5.10 Å². The molecule has 2 aromatic carbocycles. The van der Waals surface area contributed by atoms with E-state index < -0.39 is 0 Å². The highest BCUT2D eigenvalue weighted by Gasteiger charge is 2.07. The molecule has 0 fully saturated rings. The zero-order valence-corrected chi connectivity index (χ0v) is 14.8. The summed E-state index contributed by atoms with van der Waals surface area (Å²) in [7, 11) is 1.91. The minimum atomic E-state index is -0.329. The molecule has 1 aromatic heterocycles. The Morgan fingerprint density at radius 3 is 2.72 bits per heavy atom. The van der Waals surface area contributed by atoms with Gasteiger partial charge in [0.05, 0.1) is 10.2 Å². The van der Waals surface area contributed by atoms with Gasteiger partial charge in [0.2, 0.25) is 10.7 Å². The fraction of sp³-hybridized carbons (Fsp3) is 0.167. The van der Waals surface area contributed by atoms with Crippen LogP contribution in [0.3, 0.4) is 0 Å². The number of anilines is 1. The monoisotopic (exact) mass is 354 g/mol. The van der Waals surface area contributed by atoms with Crippen molar-refractivity contribution in [1.29, 1.82) is 0 Å². The van der Waals surface area contributed by atoms with Gasteiger partial charge in [0.1, 0.15) is 0 Å². The number of nitrogens with one attached hydrogen (secondary N) is 2. The highest BCUT2D eigenvalue weighted by atomic mass is 32.1. The van der Waals surface area contributed by atoms with Crippen molar-refractivity contribution in [2.75, 3.05) is 5.32 Å². The molecule has 7 heteroatoms. The van der Waals surface area contributed by atoms with Crippen molar-refractivity contribution in [3.8, 4) is 0 Å². The predicted octanol–water partition coefficient (Wildman–Crippen LogP) is 2.83. The van der Waals surface area contributed by atoms with Crippen molar-refractivity contribution in [1.82, 2.24) is 9.99 Å². The van der Waals surface area contributed by atoms with Gasteiger partial charge in [0.15, 0.2) is 0 Å². The Hall–Kier alpha value is -2.93. The summed E-state index contributed by atoms with van der Waals surface area (Å²) < 4.78 is 3.03. The highest BCUT2D eigenvalue weighted by molar-refractivity contribution is 7.16. The Labute approximate surface area is 148 Å². The van der Waals surface area contributed by atoms with Gasteiger partial charge < -0.3 is 9.88 Å². The van der Waals surface area contributed by atoms with Crippen molar-refractivity contribution in [3.05, 3.63) is 58.9 Å². The molecule has 1 heterocycles. The predicted molar refractivity (Wildman–Crippen MR) is 99.2 cm³/mol. The largest absolute Gasteiger partial charge is 0.326 e. The lowest BCUT2D eigenvalue weighted by Crippen LogP contribution is -2.23. The van der Waals surface area contributed by atoms with Crippen LogP contribution in [-0.2, 0) is 11.8 Å². The molecule has 0 atom stereocenters. The van der Waals surface area contributed by atoms with Crippen LogP contribution in [-0.4, -0.2) is 16.4 Å². The third-order valence-electron chi connectivity index (χ3n) is 3.70. The molecule has 2 N–H and O–H groups in total.